The van der Waals surface area contributed by atoms with Crippen molar-refractivity contribution in [2.24, 2.45) is 11.8 Å². The Morgan fingerprint density at radius 2 is 1.77 bits per heavy atom. The minimum Gasteiger partial charge on any atom is -0.494 e. The molecule has 30 heavy (non-hydrogen) atoms. The molecule has 0 saturated heterocycles. The summed E-state index contributed by atoms with van der Waals surface area (Å²) < 4.78 is 11.2. The number of rotatable bonds is 9. The first kappa shape index (κ1) is 22.1. The van der Waals surface area contributed by atoms with Gasteiger partial charge in [0.15, 0.2) is 0 Å². The summed E-state index contributed by atoms with van der Waals surface area (Å²) in [5, 5.41) is 0. The predicted molar refractivity (Wildman–Crippen MR) is 122 cm³/mol. The summed E-state index contributed by atoms with van der Waals surface area (Å²) in [5.41, 5.74) is 4.07. The number of hydrogen-bond acceptors (Lipinski definition) is 3. The van der Waals surface area contributed by atoms with Crippen LogP contribution in [0, 0.1) is 11.8 Å². The molecule has 0 radical (unpaired) electrons. The van der Waals surface area contributed by atoms with E-state index in [2.05, 4.69) is 61.5 Å². The zero-order valence-electron chi connectivity index (χ0n) is 18.3. The molecule has 2 aromatic rings. The van der Waals surface area contributed by atoms with Crippen molar-refractivity contribution in [3.05, 3.63) is 77.4 Å². The lowest BCUT2D eigenvalue weighted by atomic mass is 9.95. The molecule has 0 fully saturated rings. The Kier molecular flexibility index (Phi) is 8.55. The molecule has 160 valence electrons. The van der Waals surface area contributed by atoms with Crippen LogP contribution < -0.4 is 4.74 Å². The summed E-state index contributed by atoms with van der Waals surface area (Å²) in [6.45, 7) is 5.25. The average Bonchev–Trinajstić information content (AvgIpc) is 2.94. The third kappa shape index (κ3) is 7.05. The van der Waals surface area contributed by atoms with Gasteiger partial charge in [0, 0.05) is 0 Å². The fraction of sp³-hybridized carbons (Fsp3) is 0.444. The number of esters is 1. The van der Waals surface area contributed by atoms with Gasteiger partial charge in [-0.05, 0) is 74.6 Å². The van der Waals surface area contributed by atoms with Crippen molar-refractivity contribution in [2.45, 2.75) is 52.4 Å². The summed E-state index contributed by atoms with van der Waals surface area (Å²) in [4.78, 5) is 12.1. The number of carbonyl (C=O) groups excluding carboxylic acids is 1. The zero-order chi connectivity index (χ0) is 21.2. The molecule has 0 amide bonds. The second-order valence-electron chi connectivity index (χ2n) is 8.28. The first-order valence-corrected chi connectivity index (χ1v) is 11.3. The van der Waals surface area contributed by atoms with E-state index in [4.69, 9.17) is 9.47 Å². The van der Waals surface area contributed by atoms with Gasteiger partial charge in [0.2, 0.25) is 0 Å². The van der Waals surface area contributed by atoms with E-state index >= 15 is 0 Å². The minimum absolute atomic E-state index is 0.0296. The average molecular weight is 407 g/mol. The summed E-state index contributed by atoms with van der Waals surface area (Å²) in [5.74, 6) is 1.37. The van der Waals surface area contributed by atoms with E-state index in [0.29, 0.717) is 19.1 Å². The van der Waals surface area contributed by atoms with E-state index in [0.717, 1.165) is 44.3 Å². The van der Waals surface area contributed by atoms with Crippen LogP contribution in [0.3, 0.4) is 0 Å². The van der Waals surface area contributed by atoms with Crippen LogP contribution in [-0.4, -0.2) is 19.2 Å². The number of benzene rings is 2. The maximum absolute atomic E-state index is 12.1. The molecule has 0 aromatic heterocycles. The molecule has 0 saturated carbocycles. The van der Waals surface area contributed by atoms with E-state index in [1.54, 1.807) is 0 Å². The normalized spacial score (nSPS) is 18.9. The van der Waals surface area contributed by atoms with E-state index in [9.17, 15) is 4.79 Å². The third-order valence-electron chi connectivity index (χ3n) is 5.70. The number of hydrogen-bond donors (Lipinski definition) is 0. The van der Waals surface area contributed by atoms with Gasteiger partial charge < -0.3 is 9.47 Å². The Morgan fingerprint density at radius 3 is 2.50 bits per heavy atom. The molecule has 0 heterocycles. The molecule has 0 bridgehead atoms. The lowest BCUT2D eigenvalue weighted by molar-refractivity contribution is -0.148. The topological polar surface area (TPSA) is 35.5 Å². The molecule has 1 aliphatic carbocycles. The first-order chi connectivity index (χ1) is 14.6. The number of carbonyl (C=O) groups is 1. The Labute approximate surface area is 181 Å². The highest BCUT2D eigenvalue weighted by molar-refractivity contribution is 5.72. The summed E-state index contributed by atoms with van der Waals surface area (Å²) >= 11 is 0. The van der Waals surface area contributed by atoms with E-state index in [1.807, 2.05) is 13.0 Å². The van der Waals surface area contributed by atoms with Gasteiger partial charge in [0.05, 0.1) is 19.1 Å². The summed E-state index contributed by atoms with van der Waals surface area (Å²) in [6.07, 6.45) is 8.12. The van der Waals surface area contributed by atoms with Crippen LogP contribution in [0.1, 0.15) is 57.1 Å². The van der Waals surface area contributed by atoms with Crippen LogP contribution in [-0.2, 0) is 16.0 Å². The highest BCUT2D eigenvalue weighted by Crippen LogP contribution is 2.29. The van der Waals surface area contributed by atoms with Crippen molar-refractivity contribution in [1.82, 2.24) is 0 Å². The van der Waals surface area contributed by atoms with Gasteiger partial charge in [-0.15, -0.1) is 0 Å². The number of allylic oxidation sites excluding steroid dienone is 2. The van der Waals surface area contributed by atoms with Gasteiger partial charge in [0.25, 0.3) is 0 Å². The lowest BCUT2D eigenvalue weighted by Crippen LogP contribution is -2.18. The molecule has 3 heteroatoms. The summed E-state index contributed by atoms with van der Waals surface area (Å²) in [7, 11) is 0. The van der Waals surface area contributed by atoms with Gasteiger partial charge in [-0.25, -0.2) is 0 Å². The Hall–Kier alpha value is -2.55. The molecule has 3 rings (SSSR count). The quantitative estimate of drug-likeness (QED) is 0.276. The monoisotopic (exact) mass is 406 g/mol. The van der Waals surface area contributed by atoms with Crippen molar-refractivity contribution in [2.75, 3.05) is 13.2 Å². The van der Waals surface area contributed by atoms with Crippen LogP contribution in [0.2, 0.25) is 0 Å². The van der Waals surface area contributed by atoms with Crippen LogP contribution in [0.25, 0.3) is 0 Å². The fourth-order valence-electron chi connectivity index (χ4n) is 4.19. The van der Waals surface area contributed by atoms with Crippen LogP contribution in [0.15, 0.2) is 66.2 Å². The van der Waals surface area contributed by atoms with E-state index in [1.165, 1.54) is 16.7 Å². The second-order valence-corrected chi connectivity index (χ2v) is 8.28. The zero-order valence-corrected chi connectivity index (χ0v) is 18.3. The molecule has 0 N–H and O–H groups in total. The van der Waals surface area contributed by atoms with Gasteiger partial charge in [-0.3, -0.25) is 4.79 Å². The highest BCUT2D eigenvalue weighted by Gasteiger charge is 2.24. The minimum atomic E-state index is -0.0296. The Morgan fingerprint density at radius 1 is 1.03 bits per heavy atom. The Bertz CT molecular complexity index is 808. The molecular formula is C27H34O3. The largest absolute Gasteiger partial charge is 0.494 e. The highest BCUT2D eigenvalue weighted by atomic mass is 16.5. The molecule has 0 spiro atoms. The van der Waals surface area contributed by atoms with E-state index in [-0.39, 0.29) is 11.9 Å². The maximum atomic E-state index is 12.1. The molecular weight excluding hydrogens is 372 g/mol. The molecule has 0 unspecified atom stereocenters. The van der Waals surface area contributed by atoms with Crippen molar-refractivity contribution >= 4 is 5.97 Å². The van der Waals surface area contributed by atoms with Gasteiger partial charge >= 0.3 is 5.97 Å². The standard InChI is InChI=1S/C27H34O3/c1-3-29-27(28)25-14-11-23(18-21(2)19-25)10-7-17-30-26-15-12-24(13-16-26)20-22-8-5-4-6-9-22/h4-6,8-9,12-13,15-16,18,21,25H,3,7,10-11,14,17,19-20H2,1-2H3/t21-,25+/m0/s1. The SMILES string of the molecule is CCOC(=O)[C@@H]1CCC(CCCOc2ccc(Cc3ccccc3)cc2)=C[C@H](C)C1. The molecule has 0 aliphatic heterocycles. The fourth-order valence-corrected chi connectivity index (χ4v) is 4.19. The summed E-state index contributed by atoms with van der Waals surface area (Å²) in [6, 6.07) is 18.9. The van der Waals surface area contributed by atoms with Crippen molar-refractivity contribution in [1.29, 1.82) is 0 Å². The lowest BCUT2D eigenvalue weighted by Gasteiger charge is -2.14. The van der Waals surface area contributed by atoms with Crippen molar-refractivity contribution in [3.63, 3.8) is 0 Å². The van der Waals surface area contributed by atoms with Crippen LogP contribution in [0.4, 0.5) is 0 Å². The van der Waals surface area contributed by atoms with Gasteiger partial charge in [-0.2, -0.15) is 0 Å². The van der Waals surface area contributed by atoms with Gasteiger partial charge in [-0.1, -0.05) is 61.0 Å². The van der Waals surface area contributed by atoms with Gasteiger partial charge in [0.1, 0.15) is 5.75 Å². The molecule has 3 nitrogen and oxygen atoms in total. The Balaban J connectivity index is 1.40. The third-order valence-corrected chi connectivity index (χ3v) is 5.70. The maximum Gasteiger partial charge on any atom is 0.308 e. The molecule has 1 aliphatic rings. The van der Waals surface area contributed by atoms with Crippen LogP contribution in [0.5, 0.6) is 5.75 Å². The molecule has 2 atom stereocenters. The van der Waals surface area contributed by atoms with Crippen LogP contribution >= 0.6 is 0 Å². The van der Waals surface area contributed by atoms with Crippen molar-refractivity contribution < 1.29 is 14.3 Å². The molecule has 2 aromatic carbocycles. The van der Waals surface area contributed by atoms with E-state index < -0.39 is 0 Å². The smallest absolute Gasteiger partial charge is 0.308 e. The predicted octanol–water partition coefficient (Wildman–Crippen LogP) is 6.36. The first-order valence-electron chi connectivity index (χ1n) is 11.3. The number of ether oxygens (including phenoxy) is 2. The van der Waals surface area contributed by atoms with Crippen molar-refractivity contribution in [3.8, 4) is 5.75 Å². The second kappa shape index (κ2) is 11.6.